The fourth-order valence-corrected chi connectivity index (χ4v) is 2.92. The topological polar surface area (TPSA) is 61.8 Å². The van der Waals surface area contributed by atoms with Crippen molar-refractivity contribution in [3.63, 3.8) is 0 Å². The van der Waals surface area contributed by atoms with Gasteiger partial charge in [-0.1, -0.05) is 41.7 Å². The predicted octanol–water partition coefficient (Wildman–Crippen LogP) is 3.20. The summed E-state index contributed by atoms with van der Waals surface area (Å²) < 4.78 is 0. The van der Waals surface area contributed by atoms with Crippen molar-refractivity contribution in [2.24, 2.45) is 10.9 Å². The lowest BCUT2D eigenvalue weighted by Gasteiger charge is -2.27. The summed E-state index contributed by atoms with van der Waals surface area (Å²) in [5, 5.41) is 12.4. The van der Waals surface area contributed by atoms with E-state index in [0.717, 1.165) is 18.7 Å². The Morgan fingerprint density at radius 3 is 2.95 bits per heavy atom. The van der Waals surface area contributed by atoms with Crippen molar-refractivity contribution in [1.82, 2.24) is 4.90 Å². The second kappa shape index (κ2) is 6.95. The standard InChI is InChI=1S/C15H22ClN3O/c1-11-5-3-2-4-8-19(11)10-13-7-6-12(9-14(13)16)15(17)18-20/h6-7,9,11,20H,2-5,8,10H2,1H3,(H2,17,18). The van der Waals surface area contributed by atoms with Crippen molar-refractivity contribution in [3.8, 4) is 0 Å². The highest BCUT2D eigenvalue weighted by atomic mass is 35.5. The molecule has 1 heterocycles. The van der Waals surface area contributed by atoms with Crippen molar-refractivity contribution < 1.29 is 5.21 Å². The van der Waals surface area contributed by atoms with E-state index in [9.17, 15) is 0 Å². The maximum atomic E-state index is 8.69. The average molecular weight is 296 g/mol. The Morgan fingerprint density at radius 1 is 1.45 bits per heavy atom. The minimum atomic E-state index is 0.0848. The summed E-state index contributed by atoms with van der Waals surface area (Å²) in [7, 11) is 0. The zero-order valence-electron chi connectivity index (χ0n) is 11.8. The second-order valence-electron chi connectivity index (χ2n) is 5.46. The summed E-state index contributed by atoms with van der Waals surface area (Å²) in [6, 6.07) is 6.16. The molecular formula is C15H22ClN3O. The number of oxime groups is 1. The van der Waals surface area contributed by atoms with Gasteiger partial charge in [-0.15, -0.1) is 0 Å². The van der Waals surface area contributed by atoms with Crippen molar-refractivity contribution in [2.45, 2.75) is 45.2 Å². The lowest BCUT2D eigenvalue weighted by atomic mass is 10.1. The van der Waals surface area contributed by atoms with Gasteiger partial charge in [0.25, 0.3) is 0 Å². The Labute approximate surface area is 125 Å². The normalized spacial score (nSPS) is 21.7. The summed E-state index contributed by atoms with van der Waals surface area (Å²) in [6.07, 6.45) is 5.13. The van der Waals surface area contributed by atoms with Crippen molar-refractivity contribution in [3.05, 3.63) is 34.3 Å². The molecule has 1 aromatic carbocycles. The molecule has 1 aromatic rings. The first kappa shape index (κ1) is 15.1. The summed E-state index contributed by atoms with van der Waals surface area (Å²) in [5.41, 5.74) is 7.31. The van der Waals surface area contributed by atoms with Gasteiger partial charge in [0.1, 0.15) is 0 Å². The lowest BCUT2D eigenvalue weighted by molar-refractivity contribution is 0.205. The number of nitrogens with zero attached hydrogens (tertiary/aromatic N) is 2. The van der Waals surface area contributed by atoms with Crippen LogP contribution in [0.1, 0.15) is 43.7 Å². The molecule has 4 nitrogen and oxygen atoms in total. The van der Waals surface area contributed by atoms with Crippen LogP contribution in [0, 0.1) is 0 Å². The third-order valence-electron chi connectivity index (χ3n) is 4.02. The molecular weight excluding hydrogens is 274 g/mol. The molecule has 1 atom stereocenters. The van der Waals surface area contributed by atoms with Crippen LogP contribution < -0.4 is 5.73 Å². The lowest BCUT2D eigenvalue weighted by Crippen LogP contribution is -2.32. The van der Waals surface area contributed by atoms with Gasteiger partial charge in [-0.05, 0) is 37.9 Å². The first-order valence-corrected chi connectivity index (χ1v) is 7.50. The molecule has 1 unspecified atom stereocenters. The monoisotopic (exact) mass is 295 g/mol. The van der Waals surface area contributed by atoms with Crippen LogP contribution in [0.3, 0.4) is 0 Å². The van der Waals surface area contributed by atoms with E-state index < -0.39 is 0 Å². The highest BCUT2D eigenvalue weighted by Crippen LogP contribution is 2.23. The number of halogens is 1. The van der Waals surface area contributed by atoms with Crippen LogP contribution >= 0.6 is 11.6 Å². The molecule has 0 aliphatic carbocycles. The summed E-state index contributed by atoms with van der Waals surface area (Å²) >= 11 is 6.32. The minimum Gasteiger partial charge on any atom is -0.409 e. The van der Waals surface area contributed by atoms with Crippen LogP contribution in [-0.2, 0) is 6.54 Å². The number of hydrogen-bond donors (Lipinski definition) is 2. The summed E-state index contributed by atoms with van der Waals surface area (Å²) in [6.45, 7) is 4.26. The van der Waals surface area contributed by atoms with E-state index in [1.165, 1.54) is 25.7 Å². The molecule has 3 N–H and O–H groups in total. The number of rotatable bonds is 3. The van der Waals surface area contributed by atoms with E-state index in [1.54, 1.807) is 6.07 Å². The van der Waals surface area contributed by atoms with E-state index in [4.69, 9.17) is 22.5 Å². The molecule has 0 aromatic heterocycles. The van der Waals surface area contributed by atoms with Gasteiger partial charge in [0, 0.05) is 23.2 Å². The molecule has 1 aliphatic rings. The third kappa shape index (κ3) is 3.64. The zero-order valence-corrected chi connectivity index (χ0v) is 12.6. The van der Waals surface area contributed by atoms with Crippen LogP contribution in [0.15, 0.2) is 23.4 Å². The van der Waals surface area contributed by atoms with Gasteiger partial charge in [0.15, 0.2) is 5.84 Å². The van der Waals surface area contributed by atoms with Crippen LogP contribution in [-0.4, -0.2) is 28.5 Å². The molecule has 1 aliphatic heterocycles. The molecule has 0 radical (unpaired) electrons. The fourth-order valence-electron chi connectivity index (χ4n) is 2.68. The molecule has 110 valence electrons. The third-order valence-corrected chi connectivity index (χ3v) is 4.37. The Balaban J connectivity index is 2.13. The van der Waals surface area contributed by atoms with Crippen LogP contribution in [0.5, 0.6) is 0 Å². The van der Waals surface area contributed by atoms with Gasteiger partial charge in [0.2, 0.25) is 0 Å². The van der Waals surface area contributed by atoms with Crippen molar-refractivity contribution in [1.29, 1.82) is 0 Å². The van der Waals surface area contributed by atoms with E-state index in [-0.39, 0.29) is 5.84 Å². The van der Waals surface area contributed by atoms with Crippen molar-refractivity contribution in [2.75, 3.05) is 6.54 Å². The van der Waals surface area contributed by atoms with Gasteiger partial charge in [-0.25, -0.2) is 0 Å². The van der Waals surface area contributed by atoms with Crippen LogP contribution in [0.25, 0.3) is 0 Å². The zero-order chi connectivity index (χ0) is 14.5. The molecule has 1 saturated heterocycles. The first-order valence-electron chi connectivity index (χ1n) is 7.12. The number of benzene rings is 1. The molecule has 0 spiro atoms. The van der Waals surface area contributed by atoms with Gasteiger partial charge in [-0.3, -0.25) is 4.90 Å². The number of hydrogen-bond acceptors (Lipinski definition) is 3. The molecule has 0 amide bonds. The fraction of sp³-hybridized carbons (Fsp3) is 0.533. The maximum Gasteiger partial charge on any atom is 0.170 e. The summed E-state index contributed by atoms with van der Waals surface area (Å²) in [5.74, 6) is 0.0848. The second-order valence-corrected chi connectivity index (χ2v) is 5.87. The quantitative estimate of drug-likeness (QED) is 0.390. The Kier molecular flexibility index (Phi) is 5.26. The molecule has 0 saturated carbocycles. The van der Waals surface area contributed by atoms with Crippen LogP contribution in [0.2, 0.25) is 5.02 Å². The molecule has 20 heavy (non-hydrogen) atoms. The van der Waals surface area contributed by atoms with Gasteiger partial charge in [-0.2, -0.15) is 0 Å². The molecule has 5 heteroatoms. The maximum absolute atomic E-state index is 8.69. The van der Waals surface area contributed by atoms with E-state index in [2.05, 4.69) is 17.0 Å². The molecule has 2 rings (SSSR count). The van der Waals surface area contributed by atoms with Gasteiger partial charge >= 0.3 is 0 Å². The van der Waals surface area contributed by atoms with Crippen molar-refractivity contribution >= 4 is 17.4 Å². The SMILES string of the molecule is CC1CCCCCN1Cc1ccc(/C(N)=N/O)cc1Cl. The van der Waals surface area contributed by atoms with Gasteiger partial charge in [0.05, 0.1) is 0 Å². The smallest absolute Gasteiger partial charge is 0.170 e. The van der Waals surface area contributed by atoms with Crippen LogP contribution in [0.4, 0.5) is 0 Å². The Morgan fingerprint density at radius 2 is 2.25 bits per heavy atom. The van der Waals surface area contributed by atoms with Gasteiger partial charge < -0.3 is 10.9 Å². The highest BCUT2D eigenvalue weighted by Gasteiger charge is 2.18. The minimum absolute atomic E-state index is 0.0848. The number of likely N-dealkylation sites (tertiary alicyclic amines) is 1. The molecule has 0 bridgehead atoms. The summed E-state index contributed by atoms with van der Waals surface area (Å²) in [4.78, 5) is 2.48. The number of nitrogens with two attached hydrogens (primary N) is 1. The Hall–Kier alpha value is -1.26. The Bertz CT molecular complexity index is 490. The predicted molar refractivity (Wildman–Crippen MR) is 82.3 cm³/mol. The largest absolute Gasteiger partial charge is 0.409 e. The highest BCUT2D eigenvalue weighted by molar-refractivity contribution is 6.31. The average Bonchev–Trinajstić information content (AvgIpc) is 2.65. The number of amidine groups is 1. The van der Waals surface area contributed by atoms with E-state index in [1.807, 2.05) is 12.1 Å². The first-order chi connectivity index (χ1) is 9.61. The van der Waals surface area contributed by atoms with E-state index in [0.29, 0.717) is 16.6 Å². The molecule has 1 fully saturated rings. The van der Waals surface area contributed by atoms with E-state index >= 15 is 0 Å².